The smallest absolute Gasteiger partial charge is 0.141 e. The molecule has 0 aliphatic carbocycles. The van der Waals surface area contributed by atoms with Gasteiger partial charge in [0.15, 0.2) is 0 Å². The molecule has 0 aliphatic heterocycles. The molecule has 2 rings (SSSR count). The molecule has 1 aromatic heterocycles. The zero-order valence-corrected chi connectivity index (χ0v) is 12.7. The third-order valence-corrected chi connectivity index (χ3v) is 3.87. The number of rotatable bonds is 4. The number of halogens is 1. The van der Waals surface area contributed by atoms with E-state index in [4.69, 9.17) is 0 Å². The molecular weight excluding hydrogens is 310 g/mol. The van der Waals surface area contributed by atoms with Crippen molar-refractivity contribution in [3.8, 4) is 0 Å². The predicted octanol–water partition coefficient (Wildman–Crippen LogP) is 3.88. The molecule has 2 aromatic rings. The number of hydrogen-bond donors (Lipinski definition) is 1. The number of nitrogens with zero attached hydrogens (tertiary/aromatic N) is 2. The van der Waals surface area contributed by atoms with Crippen LogP contribution in [0.1, 0.15) is 11.5 Å². The van der Waals surface area contributed by atoms with Gasteiger partial charge in [-0.25, -0.2) is 9.97 Å². The SMILES string of the molecule is CNc1cc(C)nc(CSc2ccc(Br)cc2)n1. The van der Waals surface area contributed by atoms with Gasteiger partial charge >= 0.3 is 0 Å². The van der Waals surface area contributed by atoms with Crippen LogP contribution in [0, 0.1) is 6.92 Å². The highest BCUT2D eigenvalue weighted by atomic mass is 79.9. The molecule has 1 heterocycles. The molecule has 1 aromatic carbocycles. The van der Waals surface area contributed by atoms with Crippen molar-refractivity contribution in [3.63, 3.8) is 0 Å². The maximum atomic E-state index is 4.43. The van der Waals surface area contributed by atoms with E-state index in [1.165, 1.54) is 4.90 Å². The van der Waals surface area contributed by atoms with Crippen molar-refractivity contribution in [2.75, 3.05) is 12.4 Å². The number of nitrogens with one attached hydrogen (secondary N) is 1. The van der Waals surface area contributed by atoms with Crippen LogP contribution in [0.15, 0.2) is 39.7 Å². The molecule has 94 valence electrons. The second kappa shape index (κ2) is 6.20. The third-order valence-electron chi connectivity index (χ3n) is 2.34. The fraction of sp³-hybridized carbons (Fsp3) is 0.231. The second-order valence-electron chi connectivity index (χ2n) is 3.80. The Morgan fingerprint density at radius 3 is 2.61 bits per heavy atom. The zero-order chi connectivity index (χ0) is 13.0. The summed E-state index contributed by atoms with van der Waals surface area (Å²) >= 11 is 5.16. The summed E-state index contributed by atoms with van der Waals surface area (Å²) in [5.41, 5.74) is 0.987. The Labute approximate surface area is 120 Å². The van der Waals surface area contributed by atoms with E-state index >= 15 is 0 Å². The van der Waals surface area contributed by atoms with Gasteiger partial charge in [0.1, 0.15) is 11.6 Å². The van der Waals surface area contributed by atoms with E-state index in [-0.39, 0.29) is 0 Å². The number of aromatic nitrogens is 2. The molecule has 0 amide bonds. The molecule has 0 bridgehead atoms. The standard InChI is InChI=1S/C13H14BrN3S/c1-9-7-12(15-2)17-13(16-9)8-18-11-5-3-10(14)4-6-11/h3-7H,8H2,1-2H3,(H,15,16,17). The highest BCUT2D eigenvalue weighted by Gasteiger charge is 2.02. The first-order valence-electron chi connectivity index (χ1n) is 5.58. The Balaban J connectivity index is 2.05. The fourth-order valence-corrected chi connectivity index (χ4v) is 2.52. The molecule has 0 radical (unpaired) electrons. The predicted molar refractivity (Wildman–Crippen MR) is 80.0 cm³/mol. The van der Waals surface area contributed by atoms with Crippen molar-refractivity contribution in [1.82, 2.24) is 9.97 Å². The maximum absolute atomic E-state index is 4.43. The monoisotopic (exact) mass is 323 g/mol. The van der Waals surface area contributed by atoms with Gasteiger partial charge in [-0.1, -0.05) is 15.9 Å². The Kier molecular flexibility index (Phi) is 4.60. The lowest BCUT2D eigenvalue weighted by molar-refractivity contribution is 0.996. The zero-order valence-electron chi connectivity index (χ0n) is 10.3. The minimum atomic E-state index is 0.776. The van der Waals surface area contributed by atoms with Gasteiger partial charge < -0.3 is 5.32 Å². The molecule has 18 heavy (non-hydrogen) atoms. The maximum Gasteiger partial charge on any atom is 0.141 e. The lowest BCUT2D eigenvalue weighted by Crippen LogP contribution is -2.00. The second-order valence-corrected chi connectivity index (χ2v) is 5.77. The summed E-state index contributed by atoms with van der Waals surface area (Å²) in [6.07, 6.45) is 0. The van der Waals surface area contributed by atoms with Crippen molar-refractivity contribution in [2.24, 2.45) is 0 Å². The highest BCUT2D eigenvalue weighted by Crippen LogP contribution is 2.23. The minimum Gasteiger partial charge on any atom is -0.373 e. The molecule has 0 saturated heterocycles. The van der Waals surface area contributed by atoms with E-state index in [0.29, 0.717) is 0 Å². The van der Waals surface area contributed by atoms with Gasteiger partial charge in [-0.3, -0.25) is 0 Å². The summed E-state index contributed by atoms with van der Waals surface area (Å²) in [5, 5.41) is 3.05. The Bertz CT molecular complexity index is 528. The number of hydrogen-bond acceptors (Lipinski definition) is 4. The van der Waals surface area contributed by atoms with E-state index in [9.17, 15) is 0 Å². The van der Waals surface area contributed by atoms with Gasteiger partial charge in [0.05, 0.1) is 5.75 Å². The first kappa shape index (κ1) is 13.4. The highest BCUT2D eigenvalue weighted by molar-refractivity contribution is 9.10. The molecule has 0 fully saturated rings. The summed E-state index contributed by atoms with van der Waals surface area (Å²) in [4.78, 5) is 10.1. The van der Waals surface area contributed by atoms with Crippen LogP contribution in [-0.4, -0.2) is 17.0 Å². The molecule has 0 saturated carbocycles. The molecule has 1 N–H and O–H groups in total. The van der Waals surface area contributed by atoms with Crippen LogP contribution in [0.4, 0.5) is 5.82 Å². The average Bonchev–Trinajstić information content (AvgIpc) is 2.37. The van der Waals surface area contributed by atoms with Crippen molar-refractivity contribution in [3.05, 3.63) is 46.3 Å². The first-order chi connectivity index (χ1) is 8.67. The van der Waals surface area contributed by atoms with Gasteiger partial charge in [-0.05, 0) is 31.2 Å². The summed E-state index contributed by atoms with van der Waals surface area (Å²) in [5.74, 6) is 2.50. The average molecular weight is 324 g/mol. The van der Waals surface area contributed by atoms with E-state index < -0.39 is 0 Å². The quantitative estimate of drug-likeness (QED) is 0.866. The van der Waals surface area contributed by atoms with Crippen LogP contribution in [0.25, 0.3) is 0 Å². The van der Waals surface area contributed by atoms with Gasteiger partial charge in [-0.15, -0.1) is 11.8 Å². The Morgan fingerprint density at radius 2 is 1.94 bits per heavy atom. The lowest BCUT2D eigenvalue weighted by atomic mass is 10.4. The molecule has 5 heteroatoms. The number of thioether (sulfide) groups is 1. The van der Waals surface area contributed by atoms with Crippen molar-refractivity contribution in [1.29, 1.82) is 0 Å². The van der Waals surface area contributed by atoms with Gasteiger partial charge in [0.25, 0.3) is 0 Å². The van der Waals surface area contributed by atoms with Crippen LogP contribution in [0.5, 0.6) is 0 Å². The van der Waals surface area contributed by atoms with E-state index in [2.05, 4.69) is 43.3 Å². The number of anilines is 1. The van der Waals surface area contributed by atoms with Crippen LogP contribution < -0.4 is 5.32 Å². The summed E-state index contributed by atoms with van der Waals surface area (Å²) in [6.45, 7) is 1.98. The molecular formula is C13H14BrN3S. The number of aryl methyl sites for hydroxylation is 1. The van der Waals surface area contributed by atoms with E-state index in [0.717, 1.165) is 27.6 Å². The van der Waals surface area contributed by atoms with Gasteiger partial charge in [-0.2, -0.15) is 0 Å². The molecule has 3 nitrogen and oxygen atoms in total. The lowest BCUT2D eigenvalue weighted by Gasteiger charge is -2.05. The van der Waals surface area contributed by atoms with Crippen LogP contribution >= 0.6 is 27.7 Å². The summed E-state index contributed by atoms with van der Waals surface area (Å²) < 4.78 is 1.09. The van der Waals surface area contributed by atoms with Gasteiger partial charge in [0, 0.05) is 28.2 Å². The van der Waals surface area contributed by atoms with Crippen molar-refractivity contribution >= 4 is 33.5 Å². The molecule has 0 aliphatic rings. The molecule has 0 atom stereocenters. The van der Waals surface area contributed by atoms with E-state index in [1.54, 1.807) is 11.8 Å². The van der Waals surface area contributed by atoms with Crippen LogP contribution in [0.3, 0.4) is 0 Å². The summed E-state index contributed by atoms with van der Waals surface area (Å²) in [6, 6.07) is 10.2. The first-order valence-corrected chi connectivity index (χ1v) is 7.36. The van der Waals surface area contributed by atoms with Crippen LogP contribution in [-0.2, 0) is 5.75 Å². The normalized spacial score (nSPS) is 10.4. The Morgan fingerprint density at radius 1 is 1.22 bits per heavy atom. The largest absolute Gasteiger partial charge is 0.373 e. The van der Waals surface area contributed by atoms with Crippen molar-refractivity contribution in [2.45, 2.75) is 17.6 Å². The topological polar surface area (TPSA) is 37.8 Å². The minimum absolute atomic E-state index is 0.776. The van der Waals surface area contributed by atoms with Crippen LogP contribution in [0.2, 0.25) is 0 Å². The molecule has 0 unspecified atom stereocenters. The fourth-order valence-electron chi connectivity index (χ4n) is 1.50. The molecule has 0 spiro atoms. The third kappa shape index (κ3) is 3.71. The Hall–Kier alpha value is -1.07. The van der Waals surface area contributed by atoms with E-state index in [1.807, 2.05) is 32.2 Å². The summed E-state index contributed by atoms with van der Waals surface area (Å²) in [7, 11) is 1.87. The number of benzene rings is 1. The van der Waals surface area contributed by atoms with Gasteiger partial charge in [0.2, 0.25) is 0 Å². The van der Waals surface area contributed by atoms with Crippen molar-refractivity contribution < 1.29 is 0 Å².